The molecule has 0 fully saturated rings. The Morgan fingerprint density at radius 1 is 0.645 bits per heavy atom. The number of fused-ring (bicyclic) bond motifs is 1. The normalized spacial score (nSPS) is 10.8. The molecule has 0 amide bonds. The van der Waals surface area contributed by atoms with Crippen LogP contribution in [-0.4, -0.2) is 9.97 Å². The maximum Gasteiger partial charge on any atom is 0.142 e. The summed E-state index contributed by atoms with van der Waals surface area (Å²) in [4.78, 5) is 8.17. The van der Waals surface area contributed by atoms with Gasteiger partial charge in [0.1, 0.15) is 30.5 Å². The fraction of sp³-hybridized carbons (Fsp3) is 0.0741. The van der Waals surface area contributed by atoms with Gasteiger partial charge in [-0.15, -0.1) is 0 Å². The zero-order chi connectivity index (χ0) is 20.9. The summed E-state index contributed by atoms with van der Waals surface area (Å²) in [5, 5.41) is 0. The van der Waals surface area contributed by atoms with Gasteiger partial charge >= 0.3 is 0 Å². The molecule has 0 bridgehead atoms. The Kier molecular flexibility index (Phi) is 5.35. The molecular formula is C27H22N2O2. The lowest BCUT2D eigenvalue weighted by molar-refractivity contribution is 0.298. The first-order valence-electron chi connectivity index (χ1n) is 10.3. The maximum atomic E-state index is 6.18. The van der Waals surface area contributed by atoms with Crippen molar-refractivity contribution < 1.29 is 9.47 Å². The number of rotatable bonds is 7. The van der Waals surface area contributed by atoms with E-state index in [0.717, 1.165) is 45.0 Å². The molecule has 4 nitrogen and oxygen atoms in total. The fourth-order valence-corrected chi connectivity index (χ4v) is 3.47. The molecule has 0 atom stereocenters. The lowest BCUT2D eigenvalue weighted by Crippen LogP contribution is -1.99. The lowest BCUT2D eigenvalue weighted by Gasteiger charge is -2.13. The summed E-state index contributed by atoms with van der Waals surface area (Å²) < 4.78 is 12.2. The molecule has 1 aromatic heterocycles. The van der Waals surface area contributed by atoms with Gasteiger partial charge in [-0.2, -0.15) is 0 Å². The second kappa shape index (κ2) is 8.76. The second-order valence-electron chi connectivity index (χ2n) is 7.31. The molecule has 0 aliphatic carbocycles. The summed E-state index contributed by atoms with van der Waals surface area (Å²) in [6.07, 6.45) is 0. The number of H-pyrrole nitrogens is 1. The van der Waals surface area contributed by atoms with E-state index in [0.29, 0.717) is 13.2 Å². The van der Waals surface area contributed by atoms with Gasteiger partial charge < -0.3 is 14.5 Å². The molecule has 4 heteroatoms. The zero-order valence-electron chi connectivity index (χ0n) is 17.0. The van der Waals surface area contributed by atoms with Crippen molar-refractivity contribution in [1.82, 2.24) is 9.97 Å². The van der Waals surface area contributed by atoms with Crippen LogP contribution in [-0.2, 0) is 13.2 Å². The molecule has 0 aliphatic rings. The Morgan fingerprint density at radius 2 is 1.29 bits per heavy atom. The van der Waals surface area contributed by atoms with E-state index in [2.05, 4.69) is 29.2 Å². The fourth-order valence-electron chi connectivity index (χ4n) is 3.47. The van der Waals surface area contributed by atoms with Crippen LogP contribution in [0.15, 0.2) is 103 Å². The summed E-state index contributed by atoms with van der Waals surface area (Å²) in [6.45, 7) is 0.989. The number of nitrogens with zero attached hydrogens (tertiary/aromatic N) is 1. The van der Waals surface area contributed by atoms with Gasteiger partial charge in [-0.1, -0.05) is 72.8 Å². The van der Waals surface area contributed by atoms with Crippen LogP contribution in [0.5, 0.6) is 11.5 Å². The van der Waals surface area contributed by atoms with Crippen LogP contribution in [0.25, 0.3) is 22.4 Å². The number of para-hydroxylation sites is 2. The predicted molar refractivity (Wildman–Crippen MR) is 123 cm³/mol. The van der Waals surface area contributed by atoms with Crippen molar-refractivity contribution in [2.45, 2.75) is 13.2 Å². The van der Waals surface area contributed by atoms with E-state index in [4.69, 9.17) is 14.5 Å². The highest BCUT2D eigenvalue weighted by atomic mass is 16.5. The minimum absolute atomic E-state index is 0.484. The lowest BCUT2D eigenvalue weighted by atomic mass is 10.1. The Bertz CT molecular complexity index is 1250. The standard InChI is InChI=1S/C27H22N2O2/c1-3-9-20(10-4-1)18-30-22-15-16-26(31-19-21-11-5-2-6-12-21)23(17-22)27-28-24-13-7-8-14-25(24)29-27/h1-17H,18-19H2,(H,28,29). The van der Waals surface area contributed by atoms with Crippen LogP contribution in [0.4, 0.5) is 0 Å². The number of nitrogens with one attached hydrogen (secondary N) is 1. The van der Waals surface area contributed by atoms with Crippen molar-refractivity contribution in [2.75, 3.05) is 0 Å². The smallest absolute Gasteiger partial charge is 0.142 e. The van der Waals surface area contributed by atoms with Crippen molar-refractivity contribution >= 4 is 11.0 Å². The molecule has 0 aliphatic heterocycles. The number of aromatic nitrogens is 2. The molecule has 0 saturated carbocycles. The Labute approximate surface area is 181 Å². The number of aromatic amines is 1. The SMILES string of the molecule is c1ccc(COc2ccc(OCc3ccccc3)c(-c3nc4ccccc4[nH]3)c2)cc1. The number of benzene rings is 4. The molecule has 4 aromatic carbocycles. The Morgan fingerprint density at radius 3 is 2.00 bits per heavy atom. The molecule has 152 valence electrons. The van der Waals surface area contributed by atoms with E-state index in [1.54, 1.807) is 0 Å². The predicted octanol–water partition coefficient (Wildman–Crippen LogP) is 6.39. The minimum Gasteiger partial charge on any atom is -0.489 e. The first-order valence-corrected chi connectivity index (χ1v) is 10.3. The van der Waals surface area contributed by atoms with Crippen molar-refractivity contribution in [3.63, 3.8) is 0 Å². The highest BCUT2D eigenvalue weighted by molar-refractivity contribution is 5.81. The molecule has 0 radical (unpaired) electrons. The van der Waals surface area contributed by atoms with Crippen LogP contribution in [0.3, 0.4) is 0 Å². The van der Waals surface area contributed by atoms with Gasteiger partial charge in [0.2, 0.25) is 0 Å². The van der Waals surface area contributed by atoms with Crippen molar-refractivity contribution in [3.05, 3.63) is 114 Å². The van der Waals surface area contributed by atoms with Crippen LogP contribution in [0.2, 0.25) is 0 Å². The highest BCUT2D eigenvalue weighted by Crippen LogP contribution is 2.34. The van der Waals surface area contributed by atoms with Crippen LogP contribution in [0, 0.1) is 0 Å². The molecule has 5 aromatic rings. The van der Waals surface area contributed by atoms with E-state index in [9.17, 15) is 0 Å². The first-order chi connectivity index (χ1) is 15.3. The zero-order valence-corrected chi connectivity index (χ0v) is 17.0. The minimum atomic E-state index is 0.484. The summed E-state index contributed by atoms with van der Waals surface area (Å²) in [7, 11) is 0. The number of ether oxygens (including phenoxy) is 2. The summed E-state index contributed by atoms with van der Waals surface area (Å²) >= 11 is 0. The summed E-state index contributed by atoms with van der Waals surface area (Å²) in [5.41, 5.74) is 5.02. The molecule has 31 heavy (non-hydrogen) atoms. The van der Waals surface area contributed by atoms with Crippen molar-refractivity contribution in [1.29, 1.82) is 0 Å². The molecule has 0 saturated heterocycles. The van der Waals surface area contributed by atoms with E-state index in [-0.39, 0.29) is 0 Å². The van der Waals surface area contributed by atoms with Gasteiger partial charge in [0.05, 0.1) is 16.6 Å². The van der Waals surface area contributed by atoms with Gasteiger partial charge in [-0.25, -0.2) is 4.98 Å². The second-order valence-corrected chi connectivity index (χ2v) is 7.31. The van der Waals surface area contributed by atoms with Gasteiger partial charge in [-0.3, -0.25) is 0 Å². The quantitative estimate of drug-likeness (QED) is 0.341. The summed E-state index contributed by atoms with van der Waals surface area (Å²) in [6, 6.07) is 34.1. The van der Waals surface area contributed by atoms with Gasteiger partial charge in [0.25, 0.3) is 0 Å². The van der Waals surface area contributed by atoms with Gasteiger partial charge in [0, 0.05) is 0 Å². The van der Waals surface area contributed by atoms with Gasteiger partial charge in [0.15, 0.2) is 0 Å². The van der Waals surface area contributed by atoms with Crippen LogP contribution >= 0.6 is 0 Å². The average molecular weight is 406 g/mol. The van der Waals surface area contributed by atoms with E-state index >= 15 is 0 Å². The third-order valence-electron chi connectivity index (χ3n) is 5.08. The van der Waals surface area contributed by atoms with E-state index in [1.165, 1.54) is 0 Å². The molecule has 1 N–H and O–H groups in total. The Hall–Kier alpha value is -4.05. The monoisotopic (exact) mass is 406 g/mol. The van der Waals surface area contributed by atoms with Gasteiger partial charge in [-0.05, 0) is 41.5 Å². The number of hydrogen-bond donors (Lipinski definition) is 1. The third-order valence-corrected chi connectivity index (χ3v) is 5.08. The topological polar surface area (TPSA) is 47.1 Å². The number of hydrogen-bond acceptors (Lipinski definition) is 3. The largest absolute Gasteiger partial charge is 0.489 e. The van der Waals surface area contributed by atoms with E-state index in [1.807, 2.05) is 78.9 Å². The van der Waals surface area contributed by atoms with Crippen LogP contribution in [0.1, 0.15) is 11.1 Å². The van der Waals surface area contributed by atoms with Crippen LogP contribution < -0.4 is 9.47 Å². The molecule has 1 heterocycles. The third kappa shape index (κ3) is 4.43. The molecular weight excluding hydrogens is 384 g/mol. The van der Waals surface area contributed by atoms with E-state index < -0.39 is 0 Å². The highest BCUT2D eigenvalue weighted by Gasteiger charge is 2.13. The molecule has 5 rings (SSSR count). The summed E-state index contributed by atoms with van der Waals surface area (Å²) in [5.74, 6) is 2.29. The maximum absolute atomic E-state index is 6.18. The molecule has 0 spiro atoms. The molecule has 0 unspecified atom stereocenters. The first kappa shape index (κ1) is 18.9. The Balaban J connectivity index is 1.46. The van der Waals surface area contributed by atoms with Crippen molar-refractivity contribution in [3.8, 4) is 22.9 Å². The van der Waals surface area contributed by atoms with Crippen molar-refractivity contribution in [2.24, 2.45) is 0 Å². The number of imidazole rings is 1. The average Bonchev–Trinajstić information content (AvgIpc) is 3.27.